The van der Waals surface area contributed by atoms with Gasteiger partial charge >= 0.3 is 0 Å². The molecule has 4 heterocycles. The second kappa shape index (κ2) is 4.75. The third-order valence-electron chi connectivity index (χ3n) is 2.98. The first-order valence-electron chi connectivity index (χ1n) is 6.25. The van der Waals surface area contributed by atoms with Crippen molar-refractivity contribution >= 4 is 11.2 Å². The minimum Gasteiger partial charge on any atom is -0.463 e. The van der Waals surface area contributed by atoms with Crippen LogP contribution >= 0.6 is 0 Å². The molecule has 0 bridgehead atoms. The van der Waals surface area contributed by atoms with Crippen molar-refractivity contribution < 1.29 is 4.42 Å². The molecule has 8 heteroatoms. The van der Waals surface area contributed by atoms with Gasteiger partial charge in [-0.2, -0.15) is 0 Å². The minimum absolute atomic E-state index is 0.443. The van der Waals surface area contributed by atoms with Crippen molar-refractivity contribution in [1.29, 1.82) is 0 Å². The molecule has 0 saturated heterocycles. The van der Waals surface area contributed by atoms with Crippen molar-refractivity contribution in [1.82, 2.24) is 34.9 Å². The Morgan fingerprint density at radius 1 is 1.14 bits per heavy atom. The zero-order valence-electron chi connectivity index (χ0n) is 10.8. The Bertz CT molecular complexity index is 870. The summed E-state index contributed by atoms with van der Waals surface area (Å²) >= 11 is 0. The standard InChI is InChI=1S/C13H9N7O/c1-2-10(21-5-1)11-12-13(17-8-16-11)20(19-18-12)7-9-6-14-3-4-15-9/h1-6,8H,7H2. The van der Waals surface area contributed by atoms with Crippen LogP contribution in [0, 0.1) is 0 Å². The quantitative estimate of drug-likeness (QED) is 0.558. The van der Waals surface area contributed by atoms with Gasteiger partial charge in [-0.05, 0) is 12.1 Å². The highest BCUT2D eigenvalue weighted by Crippen LogP contribution is 2.23. The van der Waals surface area contributed by atoms with E-state index < -0.39 is 0 Å². The molecule has 0 radical (unpaired) electrons. The van der Waals surface area contributed by atoms with Crippen molar-refractivity contribution in [3.63, 3.8) is 0 Å². The van der Waals surface area contributed by atoms with E-state index in [4.69, 9.17) is 4.42 Å². The summed E-state index contributed by atoms with van der Waals surface area (Å²) in [4.78, 5) is 16.7. The van der Waals surface area contributed by atoms with Crippen LogP contribution in [-0.2, 0) is 6.54 Å². The fourth-order valence-electron chi connectivity index (χ4n) is 2.06. The van der Waals surface area contributed by atoms with E-state index >= 15 is 0 Å². The van der Waals surface area contributed by atoms with Crippen LogP contribution in [0.4, 0.5) is 0 Å². The Morgan fingerprint density at radius 2 is 2.14 bits per heavy atom. The van der Waals surface area contributed by atoms with Crippen molar-refractivity contribution in [3.8, 4) is 11.5 Å². The molecule has 0 spiro atoms. The predicted octanol–water partition coefficient (Wildman–Crippen LogP) is 1.32. The monoisotopic (exact) mass is 279 g/mol. The van der Waals surface area contributed by atoms with Gasteiger partial charge in [0, 0.05) is 12.4 Å². The average molecular weight is 279 g/mol. The molecule has 0 amide bonds. The van der Waals surface area contributed by atoms with Gasteiger partial charge in [-0.25, -0.2) is 14.6 Å². The van der Waals surface area contributed by atoms with Crippen molar-refractivity contribution in [2.45, 2.75) is 6.54 Å². The average Bonchev–Trinajstić information content (AvgIpc) is 3.18. The SMILES string of the molecule is c1coc(-c2ncnc3c2nnn3Cc2cnccn2)c1. The summed E-state index contributed by atoms with van der Waals surface area (Å²) in [5.41, 5.74) is 2.62. The summed E-state index contributed by atoms with van der Waals surface area (Å²) in [6.45, 7) is 0.443. The number of furan rings is 1. The summed E-state index contributed by atoms with van der Waals surface area (Å²) in [7, 11) is 0. The van der Waals surface area contributed by atoms with Crippen molar-refractivity contribution in [2.24, 2.45) is 0 Å². The molecule has 0 aromatic carbocycles. The Morgan fingerprint density at radius 3 is 2.95 bits per heavy atom. The molecule has 0 atom stereocenters. The molecule has 0 saturated carbocycles. The molecule has 21 heavy (non-hydrogen) atoms. The molecule has 102 valence electrons. The van der Waals surface area contributed by atoms with Crippen molar-refractivity contribution in [3.05, 3.63) is 49.0 Å². The second-order valence-corrected chi connectivity index (χ2v) is 4.32. The van der Waals surface area contributed by atoms with E-state index in [9.17, 15) is 0 Å². The van der Waals surface area contributed by atoms with E-state index in [-0.39, 0.29) is 0 Å². The van der Waals surface area contributed by atoms with Crippen LogP contribution in [0.2, 0.25) is 0 Å². The fourth-order valence-corrected chi connectivity index (χ4v) is 2.06. The molecular formula is C13H9N7O. The molecule has 0 unspecified atom stereocenters. The van der Waals surface area contributed by atoms with Gasteiger partial charge in [-0.1, -0.05) is 5.21 Å². The smallest absolute Gasteiger partial charge is 0.182 e. The minimum atomic E-state index is 0.443. The van der Waals surface area contributed by atoms with Gasteiger partial charge in [0.15, 0.2) is 16.9 Å². The van der Waals surface area contributed by atoms with E-state index in [1.165, 1.54) is 6.33 Å². The normalized spacial score (nSPS) is 11.0. The van der Waals surface area contributed by atoms with E-state index in [0.717, 1.165) is 5.69 Å². The van der Waals surface area contributed by atoms with Crippen LogP contribution in [-0.4, -0.2) is 34.9 Å². The Balaban J connectivity index is 1.81. The number of hydrogen-bond acceptors (Lipinski definition) is 7. The molecule has 0 fully saturated rings. The number of rotatable bonds is 3. The third-order valence-corrected chi connectivity index (χ3v) is 2.98. The highest BCUT2D eigenvalue weighted by Gasteiger charge is 2.15. The number of nitrogens with zero attached hydrogens (tertiary/aromatic N) is 7. The van der Waals surface area contributed by atoms with Crippen LogP contribution in [0.1, 0.15) is 5.69 Å². The maximum Gasteiger partial charge on any atom is 0.182 e. The highest BCUT2D eigenvalue weighted by atomic mass is 16.3. The van der Waals surface area contributed by atoms with Crippen LogP contribution in [0.25, 0.3) is 22.6 Å². The maximum atomic E-state index is 5.37. The number of aromatic nitrogens is 7. The van der Waals surface area contributed by atoms with Crippen LogP contribution in [0.15, 0.2) is 47.7 Å². The molecular weight excluding hydrogens is 270 g/mol. The van der Waals surface area contributed by atoms with Gasteiger partial charge in [-0.15, -0.1) is 5.10 Å². The lowest BCUT2D eigenvalue weighted by molar-refractivity contribution is 0.580. The molecule has 0 aliphatic heterocycles. The highest BCUT2D eigenvalue weighted by molar-refractivity contribution is 5.84. The first-order valence-corrected chi connectivity index (χ1v) is 6.25. The first kappa shape index (κ1) is 11.6. The molecule has 4 aromatic heterocycles. The van der Waals surface area contributed by atoms with Gasteiger partial charge < -0.3 is 4.42 Å². The Kier molecular flexibility index (Phi) is 2.63. The first-order chi connectivity index (χ1) is 10.4. The van der Waals surface area contributed by atoms with E-state index in [1.54, 1.807) is 35.6 Å². The zero-order chi connectivity index (χ0) is 14.1. The predicted molar refractivity (Wildman–Crippen MR) is 72.0 cm³/mol. The van der Waals surface area contributed by atoms with E-state index in [1.807, 2.05) is 6.07 Å². The second-order valence-electron chi connectivity index (χ2n) is 4.32. The summed E-state index contributed by atoms with van der Waals surface area (Å²) in [6, 6.07) is 3.62. The topological polar surface area (TPSA) is 95.4 Å². The Labute approximate surface area is 118 Å². The maximum absolute atomic E-state index is 5.37. The van der Waals surface area contributed by atoms with Crippen LogP contribution < -0.4 is 0 Å². The molecule has 0 aliphatic rings. The van der Waals surface area contributed by atoms with Crippen LogP contribution in [0.3, 0.4) is 0 Å². The van der Waals surface area contributed by atoms with Gasteiger partial charge in [0.1, 0.15) is 12.0 Å². The molecule has 8 nitrogen and oxygen atoms in total. The summed E-state index contributed by atoms with van der Waals surface area (Å²) in [6.07, 6.45) is 8.00. The largest absolute Gasteiger partial charge is 0.463 e. The molecule has 4 rings (SSSR count). The van der Waals surface area contributed by atoms with Gasteiger partial charge in [0.25, 0.3) is 0 Å². The van der Waals surface area contributed by atoms with Crippen molar-refractivity contribution in [2.75, 3.05) is 0 Å². The lowest BCUT2D eigenvalue weighted by atomic mass is 10.3. The van der Waals surface area contributed by atoms with Gasteiger partial charge in [0.2, 0.25) is 0 Å². The number of hydrogen-bond donors (Lipinski definition) is 0. The third kappa shape index (κ3) is 2.02. The van der Waals surface area contributed by atoms with E-state index in [2.05, 4.69) is 30.2 Å². The Hall–Kier alpha value is -3.16. The lowest BCUT2D eigenvalue weighted by Gasteiger charge is -2.00. The molecule has 0 aliphatic carbocycles. The summed E-state index contributed by atoms with van der Waals surface area (Å²) in [5, 5.41) is 8.27. The van der Waals surface area contributed by atoms with E-state index in [0.29, 0.717) is 29.2 Å². The van der Waals surface area contributed by atoms with Crippen LogP contribution in [0.5, 0.6) is 0 Å². The summed E-state index contributed by atoms with van der Waals surface area (Å²) < 4.78 is 7.03. The summed E-state index contributed by atoms with van der Waals surface area (Å²) in [5.74, 6) is 0.633. The molecule has 0 N–H and O–H groups in total. The lowest BCUT2D eigenvalue weighted by Crippen LogP contribution is -2.05. The zero-order valence-corrected chi connectivity index (χ0v) is 10.8. The fraction of sp³-hybridized carbons (Fsp3) is 0.0769. The van der Waals surface area contributed by atoms with Gasteiger partial charge in [-0.3, -0.25) is 9.97 Å². The molecule has 4 aromatic rings. The number of fused-ring (bicyclic) bond motifs is 1. The van der Waals surface area contributed by atoms with Gasteiger partial charge in [0.05, 0.1) is 24.7 Å².